The molecule has 1 aromatic heterocycles. The second kappa shape index (κ2) is 9.16. The molecular formula is C26H27F3N4O. The fourth-order valence-corrected chi connectivity index (χ4v) is 4.92. The van der Waals surface area contributed by atoms with E-state index >= 15 is 0 Å². The Morgan fingerprint density at radius 1 is 0.912 bits per heavy atom. The summed E-state index contributed by atoms with van der Waals surface area (Å²) in [4.78, 5) is 22.0. The summed E-state index contributed by atoms with van der Waals surface area (Å²) in [7, 11) is 0. The van der Waals surface area contributed by atoms with Crippen molar-refractivity contribution in [1.82, 2.24) is 10.3 Å². The third kappa shape index (κ3) is 4.67. The van der Waals surface area contributed by atoms with Gasteiger partial charge in [0.1, 0.15) is 5.82 Å². The number of para-hydroxylation sites is 1. The van der Waals surface area contributed by atoms with Gasteiger partial charge in [-0.1, -0.05) is 37.1 Å². The summed E-state index contributed by atoms with van der Waals surface area (Å²) in [5.74, 6) is 0.647. The molecule has 1 saturated heterocycles. The minimum Gasteiger partial charge on any atom is -0.368 e. The fraction of sp³-hybridized carbons (Fsp3) is 0.385. The van der Waals surface area contributed by atoms with Gasteiger partial charge in [0.2, 0.25) is 0 Å². The van der Waals surface area contributed by atoms with Crippen LogP contribution in [0.3, 0.4) is 0 Å². The third-order valence-corrected chi connectivity index (χ3v) is 6.78. The van der Waals surface area contributed by atoms with Crippen molar-refractivity contribution in [3.8, 4) is 0 Å². The van der Waals surface area contributed by atoms with Gasteiger partial charge in [0.15, 0.2) is 0 Å². The monoisotopic (exact) mass is 468 g/mol. The largest absolute Gasteiger partial charge is 0.416 e. The maximum atomic E-state index is 13.1. The Kier molecular flexibility index (Phi) is 6.06. The Balaban J connectivity index is 1.35. The van der Waals surface area contributed by atoms with Gasteiger partial charge in [0, 0.05) is 43.3 Å². The fourth-order valence-electron chi connectivity index (χ4n) is 4.92. The average Bonchev–Trinajstić information content (AvgIpc) is 3.36. The molecule has 34 heavy (non-hydrogen) atoms. The molecule has 0 spiro atoms. The van der Waals surface area contributed by atoms with Crippen LogP contribution < -0.4 is 15.1 Å². The Morgan fingerprint density at radius 3 is 2.35 bits per heavy atom. The van der Waals surface area contributed by atoms with E-state index in [0.717, 1.165) is 48.5 Å². The lowest BCUT2D eigenvalue weighted by Crippen LogP contribution is -2.47. The van der Waals surface area contributed by atoms with E-state index in [-0.39, 0.29) is 11.9 Å². The summed E-state index contributed by atoms with van der Waals surface area (Å²) in [6.45, 7) is 2.34. The van der Waals surface area contributed by atoms with E-state index in [1.54, 1.807) is 6.07 Å². The second-order valence-corrected chi connectivity index (χ2v) is 9.02. The normalized spacial score (nSPS) is 17.4. The smallest absolute Gasteiger partial charge is 0.368 e. The van der Waals surface area contributed by atoms with Crippen molar-refractivity contribution in [2.45, 2.75) is 37.9 Å². The van der Waals surface area contributed by atoms with Crippen molar-refractivity contribution in [1.29, 1.82) is 0 Å². The van der Waals surface area contributed by atoms with Gasteiger partial charge in [-0.05, 0) is 43.2 Å². The number of amides is 1. The SMILES string of the molecule is O=C(NC1CCCC1)c1cc(N2CCN(c3cccc(C(F)(F)F)c3)CC2)nc2ccccc12. The van der Waals surface area contributed by atoms with Crippen molar-refractivity contribution in [2.24, 2.45) is 0 Å². The highest BCUT2D eigenvalue weighted by Gasteiger charge is 2.31. The number of rotatable bonds is 4. The molecule has 3 aromatic rings. The number of carbonyl (C=O) groups is 1. The summed E-state index contributed by atoms with van der Waals surface area (Å²) < 4.78 is 39.3. The molecule has 1 aliphatic heterocycles. The molecule has 1 amide bonds. The first-order valence-corrected chi connectivity index (χ1v) is 11.8. The van der Waals surface area contributed by atoms with Gasteiger partial charge >= 0.3 is 6.18 Å². The zero-order valence-corrected chi connectivity index (χ0v) is 18.8. The van der Waals surface area contributed by atoms with Gasteiger partial charge in [-0.25, -0.2) is 4.98 Å². The summed E-state index contributed by atoms with van der Waals surface area (Å²) in [6, 6.07) is 15.2. The number of carbonyl (C=O) groups excluding carboxylic acids is 1. The van der Waals surface area contributed by atoms with Gasteiger partial charge in [-0.15, -0.1) is 0 Å². The van der Waals surface area contributed by atoms with Crippen molar-refractivity contribution >= 4 is 28.3 Å². The lowest BCUT2D eigenvalue weighted by atomic mass is 10.1. The summed E-state index contributed by atoms with van der Waals surface area (Å²) in [5, 5.41) is 4.00. The number of halogens is 3. The molecule has 1 aliphatic carbocycles. The van der Waals surface area contributed by atoms with Crippen LogP contribution in [0.25, 0.3) is 10.9 Å². The number of benzene rings is 2. The highest BCUT2D eigenvalue weighted by atomic mass is 19.4. The zero-order chi connectivity index (χ0) is 23.7. The van der Waals surface area contributed by atoms with Crippen LogP contribution >= 0.6 is 0 Å². The first-order valence-electron chi connectivity index (χ1n) is 11.8. The Bertz CT molecular complexity index is 1180. The molecule has 1 N–H and O–H groups in total. The van der Waals surface area contributed by atoms with Gasteiger partial charge in [0.05, 0.1) is 16.6 Å². The van der Waals surface area contributed by atoms with Crippen molar-refractivity contribution in [2.75, 3.05) is 36.0 Å². The van der Waals surface area contributed by atoms with Crippen molar-refractivity contribution in [3.05, 3.63) is 65.7 Å². The predicted octanol–water partition coefficient (Wildman–Crippen LogP) is 5.25. The molecule has 5 rings (SSSR count). The van der Waals surface area contributed by atoms with Crippen LogP contribution in [0.1, 0.15) is 41.6 Å². The van der Waals surface area contributed by atoms with Crippen LogP contribution in [0.15, 0.2) is 54.6 Å². The van der Waals surface area contributed by atoms with Gasteiger partial charge in [-0.3, -0.25) is 4.79 Å². The van der Waals surface area contributed by atoms with Crippen LogP contribution in [0.4, 0.5) is 24.7 Å². The number of pyridine rings is 1. The number of hydrogen-bond acceptors (Lipinski definition) is 4. The van der Waals surface area contributed by atoms with E-state index in [0.29, 0.717) is 37.4 Å². The maximum Gasteiger partial charge on any atom is 0.416 e. The predicted molar refractivity (Wildman–Crippen MR) is 127 cm³/mol. The lowest BCUT2D eigenvalue weighted by Gasteiger charge is -2.37. The molecular weight excluding hydrogens is 441 g/mol. The van der Waals surface area contributed by atoms with Crippen LogP contribution in [-0.4, -0.2) is 43.1 Å². The highest BCUT2D eigenvalue weighted by molar-refractivity contribution is 6.07. The quantitative estimate of drug-likeness (QED) is 0.568. The van der Waals surface area contributed by atoms with Crippen molar-refractivity contribution < 1.29 is 18.0 Å². The first-order chi connectivity index (χ1) is 16.4. The molecule has 1 saturated carbocycles. The summed E-state index contributed by atoms with van der Waals surface area (Å²) in [5.41, 5.74) is 1.31. The number of alkyl halides is 3. The minimum atomic E-state index is -4.36. The van der Waals surface area contributed by atoms with E-state index < -0.39 is 11.7 Å². The van der Waals surface area contributed by atoms with Gasteiger partial charge in [-0.2, -0.15) is 13.2 Å². The van der Waals surface area contributed by atoms with E-state index in [1.165, 1.54) is 12.1 Å². The molecule has 0 atom stereocenters. The van der Waals surface area contributed by atoms with E-state index in [1.807, 2.05) is 35.2 Å². The Hall–Kier alpha value is -3.29. The number of aromatic nitrogens is 1. The van der Waals surface area contributed by atoms with Gasteiger partial charge < -0.3 is 15.1 Å². The maximum absolute atomic E-state index is 13.1. The molecule has 178 valence electrons. The van der Waals surface area contributed by atoms with Crippen LogP contribution in [0.2, 0.25) is 0 Å². The van der Waals surface area contributed by atoms with Gasteiger partial charge in [0.25, 0.3) is 5.91 Å². The topological polar surface area (TPSA) is 48.5 Å². The van der Waals surface area contributed by atoms with E-state index in [4.69, 9.17) is 4.98 Å². The Morgan fingerprint density at radius 2 is 1.62 bits per heavy atom. The number of fused-ring (bicyclic) bond motifs is 1. The Labute approximate surface area is 196 Å². The number of nitrogens with zero attached hydrogens (tertiary/aromatic N) is 3. The highest BCUT2D eigenvalue weighted by Crippen LogP contribution is 2.32. The number of anilines is 2. The third-order valence-electron chi connectivity index (χ3n) is 6.78. The van der Waals surface area contributed by atoms with Crippen LogP contribution in [-0.2, 0) is 6.18 Å². The summed E-state index contributed by atoms with van der Waals surface area (Å²) in [6.07, 6.45) is -0.0482. The molecule has 5 nitrogen and oxygen atoms in total. The van der Waals surface area contributed by atoms with E-state index in [2.05, 4.69) is 10.2 Å². The molecule has 0 radical (unpaired) electrons. The molecule has 2 aromatic carbocycles. The van der Waals surface area contributed by atoms with E-state index in [9.17, 15) is 18.0 Å². The van der Waals surface area contributed by atoms with Crippen LogP contribution in [0.5, 0.6) is 0 Å². The first kappa shape index (κ1) is 22.5. The molecule has 2 aliphatic rings. The second-order valence-electron chi connectivity index (χ2n) is 9.02. The number of piperazine rings is 1. The average molecular weight is 469 g/mol. The molecule has 2 heterocycles. The molecule has 0 unspecified atom stereocenters. The van der Waals surface area contributed by atoms with Crippen molar-refractivity contribution in [3.63, 3.8) is 0 Å². The summed E-state index contributed by atoms with van der Waals surface area (Å²) >= 11 is 0. The zero-order valence-electron chi connectivity index (χ0n) is 18.8. The minimum absolute atomic E-state index is 0.0747. The number of hydrogen-bond donors (Lipinski definition) is 1. The lowest BCUT2D eigenvalue weighted by molar-refractivity contribution is -0.137. The molecule has 2 fully saturated rings. The number of nitrogens with one attached hydrogen (secondary N) is 1. The van der Waals surface area contributed by atoms with Crippen LogP contribution in [0, 0.1) is 0 Å². The standard InChI is InChI=1S/C26H27F3N4O/c27-26(28,29)18-6-5-9-20(16-18)32-12-14-33(15-13-32)24-17-22(21-10-3-4-11-23(21)31-24)25(34)30-19-7-1-2-8-19/h3-6,9-11,16-17,19H,1-2,7-8,12-15H2,(H,30,34). The molecule has 8 heteroatoms. The molecule has 0 bridgehead atoms.